The molecule has 0 aliphatic rings. The van der Waals surface area contributed by atoms with Crippen molar-refractivity contribution in [3.05, 3.63) is 0 Å². The molecule has 144 valence electrons. The molecule has 0 aliphatic heterocycles. The Labute approximate surface area is 152 Å². The van der Waals surface area contributed by atoms with Crippen molar-refractivity contribution in [3.8, 4) is 0 Å². The zero-order valence-electron chi connectivity index (χ0n) is 17.1. The van der Waals surface area contributed by atoms with Crippen LogP contribution in [0.2, 0.25) is 0 Å². The van der Waals surface area contributed by atoms with Crippen LogP contribution < -0.4 is 0 Å². The highest BCUT2D eigenvalue weighted by atomic mass is 16.2. The van der Waals surface area contributed by atoms with E-state index in [1.807, 2.05) is 4.90 Å². The molecule has 0 aromatic rings. The molecule has 0 aromatic heterocycles. The molecule has 2 heteroatoms. The lowest BCUT2D eigenvalue weighted by molar-refractivity contribution is -0.128. The SMILES string of the molecule is CCCCCCCCCCCCCCCCCCN(CC)C(C)=O. The van der Waals surface area contributed by atoms with Gasteiger partial charge >= 0.3 is 0 Å². The Morgan fingerprint density at radius 3 is 1.21 bits per heavy atom. The van der Waals surface area contributed by atoms with Gasteiger partial charge in [-0.3, -0.25) is 4.79 Å². The number of rotatable bonds is 18. The normalized spacial score (nSPS) is 11.0. The molecular formula is C22H45NO. The Balaban J connectivity index is 3.11. The highest BCUT2D eigenvalue weighted by Crippen LogP contribution is 2.13. The van der Waals surface area contributed by atoms with Crippen LogP contribution in [0.1, 0.15) is 124 Å². The van der Waals surface area contributed by atoms with Crippen LogP contribution in [-0.2, 0) is 4.79 Å². The fourth-order valence-electron chi connectivity index (χ4n) is 3.39. The first-order valence-electron chi connectivity index (χ1n) is 11.0. The summed E-state index contributed by atoms with van der Waals surface area (Å²) in [6.07, 6.45) is 22.4. The Kier molecular flexibility index (Phi) is 18.4. The van der Waals surface area contributed by atoms with E-state index < -0.39 is 0 Å². The summed E-state index contributed by atoms with van der Waals surface area (Å²) in [7, 11) is 0. The number of hydrogen-bond acceptors (Lipinski definition) is 1. The van der Waals surface area contributed by atoms with Gasteiger partial charge in [-0.05, 0) is 13.3 Å². The maximum atomic E-state index is 11.3. The molecular weight excluding hydrogens is 294 g/mol. The van der Waals surface area contributed by atoms with Crippen molar-refractivity contribution in [3.63, 3.8) is 0 Å². The largest absolute Gasteiger partial charge is 0.343 e. The molecule has 0 rings (SSSR count). The van der Waals surface area contributed by atoms with Crippen molar-refractivity contribution < 1.29 is 4.79 Å². The number of unbranched alkanes of at least 4 members (excludes halogenated alkanes) is 15. The minimum atomic E-state index is 0.221. The van der Waals surface area contributed by atoms with Crippen LogP contribution in [0.25, 0.3) is 0 Å². The van der Waals surface area contributed by atoms with E-state index in [4.69, 9.17) is 0 Å². The summed E-state index contributed by atoms with van der Waals surface area (Å²) in [5.74, 6) is 0.221. The average molecular weight is 340 g/mol. The summed E-state index contributed by atoms with van der Waals surface area (Å²) >= 11 is 0. The first kappa shape index (κ1) is 23.5. The fourth-order valence-corrected chi connectivity index (χ4v) is 3.39. The minimum absolute atomic E-state index is 0.221. The summed E-state index contributed by atoms with van der Waals surface area (Å²) in [5, 5.41) is 0. The van der Waals surface area contributed by atoms with Gasteiger partial charge in [0.05, 0.1) is 0 Å². The summed E-state index contributed by atoms with van der Waals surface area (Å²) in [4.78, 5) is 13.2. The third kappa shape index (κ3) is 16.3. The molecule has 0 bridgehead atoms. The van der Waals surface area contributed by atoms with Gasteiger partial charge in [0.25, 0.3) is 0 Å². The monoisotopic (exact) mass is 339 g/mol. The van der Waals surface area contributed by atoms with Crippen LogP contribution >= 0.6 is 0 Å². The molecule has 0 saturated carbocycles. The predicted octanol–water partition coefficient (Wildman–Crippen LogP) is 7.12. The molecule has 0 fully saturated rings. The lowest BCUT2D eigenvalue weighted by Gasteiger charge is -2.18. The van der Waals surface area contributed by atoms with Gasteiger partial charge in [-0.25, -0.2) is 0 Å². The number of nitrogens with zero attached hydrogens (tertiary/aromatic N) is 1. The van der Waals surface area contributed by atoms with Gasteiger partial charge < -0.3 is 4.90 Å². The van der Waals surface area contributed by atoms with Gasteiger partial charge in [0.2, 0.25) is 5.91 Å². The highest BCUT2D eigenvalue weighted by Gasteiger charge is 2.04. The molecule has 0 heterocycles. The van der Waals surface area contributed by atoms with Crippen molar-refractivity contribution in [2.24, 2.45) is 0 Å². The molecule has 2 nitrogen and oxygen atoms in total. The van der Waals surface area contributed by atoms with E-state index in [2.05, 4.69) is 13.8 Å². The molecule has 0 unspecified atom stereocenters. The lowest BCUT2D eigenvalue weighted by Crippen LogP contribution is -2.29. The first-order chi connectivity index (χ1) is 11.7. The summed E-state index contributed by atoms with van der Waals surface area (Å²) in [5.41, 5.74) is 0. The second-order valence-electron chi connectivity index (χ2n) is 7.40. The number of carbonyl (C=O) groups is 1. The zero-order chi connectivity index (χ0) is 17.9. The van der Waals surface area contributed by atoms with E-state index in [0.717, 1.165) is 13.1 Å². The van der Waals surface area contributed by atoms with Gasteiger partial charge in [0.15, 0.2) is 0 Å². The van der Waals surface area contributed by atoms with Gasteiger partial charge in [-0.15, -0.1) is 0 Å². The van der Waals surface area contributed by atoms with Gasteiger partial charge in [0, 0.05) is 20.0 Å². The van der Waals surface area contributed by atoms with E-state index >= 15 is 0 Å². The van der Waals surface area contributed by atoms with E-state index in [1.165, 1.54) is 103 Å². The number of carbonyl (C=O) groups excluding carboxylic acids is 1. The van der Waals surface area contributed by atoms with E-state index in [9.17, 15) is 4.79 Å². The summed E-state index contributed by atoms with van der Waals surface area (Å²) in [6.45, 7) is 7.83. The second kappa shape index (κ2) is 18.8. The maximum absolute atomic E-state index is 11.3. The van der Waals surface area contributed by atoms with Crippen LogP contribution in [0.15, 0.2) is 0 Å². The van der Waals surface area contributed by atoms with Crippen molar-refractivity contribution in [2.75, 3.05) is 13.1 Å². The maximum Gasteiger partial charge on any atom is 0.219 e. The van der Waals surface area contributed by atoms with Crippen molar-refractivity contribution >= 4 is 5.91 Å². The van der Waals surface area contributed by atoms with Crippen LogP contribution in [0, 0.1) is 0 Å². The lowest BCUT2D eigenvalue weighted by atomic mass is 10.0. The van der Waals surface area contributed by atoms with Crippen LogP contribution in [0.4, 0.5) is 0 Å². The van der Waals surface area contributed by atoms with Crippen molar-refractivity contribution in [1.29, 1.82) is 0 Å². The van der Waals surface area contributed by atoms with Crippen molar-refractivity contribution in [1.82, 2.24) is 4.90 Å². The molecule has 0 aromatic carbocycles. The van der Waals surface area contributed by atoms with Gasteiger partial charge in [-0.2, -0.15) is 0 Å². The summed E-state index contributed by atoms with van der Waals surface area (Å²) in [6, 6.07) is 0. The topological polar surface area (TPSA) is 20.3 Å². The van der Waals surface area contributed by atoms with Crippen LogP contribution in [0.5, 0.6) is 0 Å². The highest BCUT2D eigenvalue weighted by molar-refractivity contribution is 5.73. The molecule has 24 heavy (non-hydrogen) atoms. The third-order valence-electron chi connectivity index (χ3n) is 5.11. The predicted molar refractivity (Wildman–Crippen MR) is 107 cm³/mol. The Morgan fingerprint density at radius 1 is 0.583 bits per heavy atom. The number of amides is 1. The van der Waals surface area contributed by atoms with E-state index in [1.54, 1.807) is 6.92 Å². The molecule has 0 N–H and O–H groups in total. The average Bonchev–Trinajstić information content (AvgIpc) is 2.57. The second-order valence-corrected chi connectivity index (χ2v) is 7.40. The molecule has 0 aliphatic carbocycles. The standard InChI is InChI=1S/C22H45NO/c1-4-6-7-8-9-10-11-12-13-14-15-16-17-18-19-20-21-23(5-2)22(3)24/h4-21H2,1-3H3. The molecule has 0 atom stereocenters. The minimum Gasteiger partial charge on any atom is -0.343 e. The van der Waals surface area contributed by atoms with Gasteiger partial charge in [-0.1, -0.05) is 103 Å². The third-order valence-corrected chi connectivity index (χ3v) is 5.11. The smallest absolute Gasteiger partial charge is 0.219 e. The fraction of sp³-hybridized carbons (Fsp3) is 0.955. The van der Waals surface area contributed by atoms with Crippen molar-refractivity contribution in [2.45, 2.75) is 124 Å². The number of hydrogen-bond donors (Lipinski definition) is 0. The molecule has 1 amide bonds. The Bertz CT molecular complexity index is 265. The quantitative estimate of drug-likeness (QED) is 0.243. The van der Waals surface area contributed by atoms with Crippen LogP contribution in [0.3, 0.4) is 0 Å². The van der Waals surface area contributed by atoms with E-state index in [-0.39, 0.29) is 5.91 Å². The Hall–Kier alpha value is -0.530. The summed E-state index contributed by atoms with van der Waals surface area (Å²) < 4.78 is 0. The van der Waals surface area contributed by atoms with Crippen LogP contribution in [-0.4, -0.2) is 23.9 Å². The Morgan fingerprint density at radius 2 is 0.917 bits per heavy atom. The molecule has 0 spiro atoms. The first-order valence-corrected chi connectivity index (χ1v) is 11.0. The molecule has 0 saturated heterocycles. The zero-order valence-corrected chi connectivity index (χ0v) is 17.1. The van der Waals surface area contributed by atoms with E-state index in [0.29, 0.717) is 0 Å². The molecule has 0 radical (unpaired) electrons. The van der Waals surface area contributed by atoms with Gasteiger partial charge in [0.1, 0.15) is 0 Å².